The standard InChI is InChI=1S/C30H37N7O2/c1-30(2,3)28(36(18-24-15-10-16-26(24)38)27(39)20-37-32-21-31-34-37)29-33-25(23-13-8-5-9-14-23)19-35(29)17-22-11-6-4-7-12-22/h4-9,11-14,19,21,24,26,28,38H,10,15-18,20H2,1-3H3/t24-,26+,28-/m0/s1. The molecule has 0 radical (unpaired) electrons. The summed E-state index contributed by atoms with van der Waals surface area (Å²) in [6.07, 6.45) is 5.60. The van der Waals surface area contributed by atoms with Crippen LogP contribution in [0.2, 0.25) is 0 Å². The van der Waals surface area contributed by atoms with Gasteiger partial charge in [-0.15, -0.1) is 10.2 Å². The molecule has 9 nitrogen and oxygen atoms in total. The Morgan fingerprint density at radius 2 is 1.79 bits per heavy atom. The number of amides is 1. The van der Waals surface area contributed by atoms with Crippen molar-refractivity contribution in [3.8, 4) is 11.3 Å². The van der Waals surface area contributed by atoms with E-state index >= 15 is 0 Å². The van der Waals surface area contributed by atoms with Gasteiger partial charge in [-0.25, -0.2) is 4.98 Å². The first-order valence-corrected chi connectivity index (χ1v) is 13.6. The summed E-state index contributed by atoms with van der Waals surface area (Å²) in [4.78, 5) is 22.4. The number of benzene rings is 2. The number of aromatic nitrogens is 6. The zero-order valence-electron chi connectivity index (χ0n) is 22.9. The lowest BCUT2D eigenvalue weighted by Crippen LogP contribution is -2.47. The number of aliphatic hydroxyl groups excluding tert-OH is 1. The fourth-order valence-corrected chi connectivity index (χ4v) is 5.60. The van der Waals surface area contributed by atoms with Gasteiger partial charge in [-0.3, -0.25) is 4.79 Å². The van der Waals surface area contributed by atoms with Crippen LogP contribution in [0.1, 0.15) is 57.5 Å². The van der Waals surface area contributed by atoms with E-state index in [1.165, 1.54) is 11.1 Å². The molecule has 1 amide bonds. The van der Waals surface area contributed by atoms with Crippen molar-refractivity contribution in [3.63, 3.8) is 0 Å². The van der Waals surface area contributed by atoms with E-state index in [1.807, 2.05) is 41.3 Å². The van der Waals surface area contributed by atoms with Crippen molar-refractivity contribution in [2.45, 2.75) is 65.3 Å². The van der Waals surface area contributed by atoms with Gasteiger partial charge in [-0.05, 0) is 29.0 Å². The molecular formula is C30H37N7O2. The highest BCUT2D eigenvalue weighted by Gasteiger charge is 2.41. The van der Waals surface area contributed by atoms with Gasteiger partial charge in [0.1, 0.15) is 12.4 Å². The van der Waals surface area contributed by atoms with Crippen LogP contribution in [0.4, 0.5) is 0 Å². The summed E-state index contributed by atoms with van der Waals surface area (Å²) in [5.41, 5.74) is 2.68. The Morgan fingerprint density at radius 3 is 2.41 bits per heavy atom. The largest absolute Gasteiger partial charge is 0.393 e. The molecule has 0 spiro atoms. The summed E-state index contributed by atoms with van der Waals surface area (Å²) in [5, 5.41) is 22.5. The van der Waals surface area contributed by atoms with Crippen LogP contribution in [0.3, 0.4) is 0 Å². The third-order valence-electron chi connectivity index (χ3n) is 7.49. The molecule has 1 aliphatic rings. The van der Waals surface area contributed by atoms with Crippen LogP contribution in [0.15, 0.2) is 73.2 Å². The molecule has 4 aromatic rings. The van der Waals surface area contributed by atoms with Crippen LogP contribution in [0.25, 0.3) is 11.3 Å². The average Bonchev–Trinajstić information content (AvgIpc) is 3.67. The van der Waals surface area contributed by atoms with E-state index in [1.54, 1.807) is 0 Å². The number of aliphatic hydroxyl groups is 1. The number of rotatable bonds is 9. The summed E-state index contributed by atoms with van der Waals surface area (Å²) < 4.78 is 2.17. The van der Waals surface area contributed by atoms with Gasteiger partial charge in [0.2, 0.25) is 5.91 Å². The fourth-order valence-electron chi connectivity index (χ4n) is 5.60. The molecule has 0 saturated heterocycles. The van der Waals surface area contributed by atoms with E-state index in [2.05, 4.69) is 71.2 Å². The Hall–Kier alpha value is -3.85. The van der Waals surface area contributed by atoms with E-state index in [4.69, 9.17) is 4.98 Å². The monoisotopic (exact) mass is 527 g/mol. The van der Waals surface area contributed by atoms with Crippen LogP contribution in [0, 0.1) is 11.3 Å². The first kappa shape index (κ1) is 26.7. The second-order valence-corrected chi connectivity index (χ2v) is 11.5. The summed E-state index contributed by atoms with van der Waals surface area (Å²) in [6.45, 7) is 7.46. The third-order valence-corrected chi connectivity index (χ3v) is 7.49. The van der Waals surface area contributed by atoms with E-state index in [-0.39, 0.29) is 29.8 Å². The van der Waals surface area contributed by atoms with E-state index in [0.29, 0.717) is 13.1 Å². The van der Waals surface area contributed by atoms with E-state index in [0.717, 1.165) is 41.9 Å². The fraction of sp³-hybridized carbons (Fsp3) is 0.433. The third kappa shape index (κ3) is 6.25. The Bertz CT molecular complexity index is 1350. The van der Waals surface area contributed by atoms with Gasteiger partial charge in [0.25, 0.3) is 0 Å². The smallest absolute Gasteiger partial charge is 0.246 e. The number of carbonyl (C=O) groups is 1. The van der Waals surface area contributed by atoms with Gasteiger partial charge in [0.05, 0.1) is 17.8 Å². The van der Waals surface area contributed by atoms with Gasteiger partial charge >= 0.3 is 0 Å². The zero-order valence-corrected chi connectivity index (χ0v) is 22.9. The first-order valence-electron chi connectivity index (χ1n) is 13.6. The number of imidazole rings is 1. The SMILES string of the molecule is CC(C)(C)[C@H](c1nc(-c2ccccc2)cn1Cc1ccccc1)N(C[C@@H]1CCC[C@H]1O)C(=O)Cn1ncnn1. The van der Waals surface area contributed by atoms with Crippen molar-refractivity contribution in [2.24, 2.45) is 11.3 Å². The zero-order chi connectivity index (χ0) is 27.4. The maximum atomic E-state index is 14.0. The number of carbonyl (C=O) groups excluding carboxylic acids is 1. The summed E-state index contributed by atoms with van der Waals surface area (Å²) in [5.74, 6) is 0.703. The molecule has 0 bridgehead atoms. The lowest BCUT2D eigenvalue weighted by molar-refractivity contribution is -0.139. The van der Waals surface area contributed by atoms with Gasteiger partial charge in [0.15, 0.2) is 6.33 Å². The Balaban J connectivity index is 1.60. The maximum Gasteiger partial charge on any atom is 0.246 e. The second-order valence-electron chi connectivity index (χ2n) is 11.5. The van der Waals surface area contributed by atoms with Gasteiger partial charge in [-0.2, -0.15) is 4.80 Å². The molecule has 2 aromatic heterocycles. The molecule has 1 saturated carbocycles. The van der Waals surface area contributed by atoms with Crippen molar-refractivity contribution >= 4 is 5.91 Å². The minimum Gasteiger partial charge on any atom is -0.393 e. The van der Waals surface area contributed by atoms with Crippen molar-refractivity contribution in [2.75, 3.05) is 6.54 Å². The van der Waals surface area contributed by atoms with Crippen LogP contribution in [-0.4, -0.2) is 58.3 Å². The highest BCUT2D eigenvalue weighted by Crippen LogP contribution is 2.41. The van der Waals surface area contributed by atoms with Crippen molar-refractivity contribution < 1.29 is 9.90 Å². The number of hydrogen-bond donors (Lipinski definition) is 1. The second kappa shape index (κ2) is 11.5. The topological polar surface area (TPSA) is 102 Å². The van der Waals surface area contributed by atoms with Crippen LogP contribution in [-0.2, 0) is 17.9 Å². The minimum absolute atomic E-state index is 0.00800. The van der Waals surface area contributed by atoms with Crippen LogP contribution >= 0.6 is 0 Å². The molecule has 2 aromatic carbocycles. The lowest BCUT2D eigenvalue weighted by atomic mass is 9.84. The van der Waals surface area contributed by atoms with Crippen LogP contribution in [0.5, 0.6) is 0 Å². The first-order chi connectivity index (χ1) is 18.8. The number of tetrazole rings is 1. The molecular weight excluding hydrogens is 490 g/mol. The predicted molar refractivity (Wildman–Crippen MR) is 148 cm³/mol. The summed E-state index contributed by atoms with van der Waals surface area (Å²) in [7, 11) is 0. The van der Waals surface area contributed by atoms with Crippen LogP contribution < -0.4 is 0 Å². The average molecular weight is 528 g/mol. The highest BCUT2D eigenvalue weighted by atomic mass is 16.3. The molecule has 204 valence electrons. The molecule has 2 heterocycles. The van der Waals surface area contributed by atoms with Gasteiger partial charge < -0.3 is 14.6 Å². The van der Waals surface area contributed by atoms with Crippen molar-refractivity contribution in [3.05, 3.63) is 84.6 Å². The normalized spacial score (nSPS) is 18.3. The maximum absolute atomic E-state index is 14.0. The molecule has 39 heavy (non-hydrogen) atoms. The molecule has 3 atom stereocenters. The van der Waals surface area contributed by atoms with Crippen molar-refractivity contribution in [1.29, 1.82) is 0 Å². The molecule has 0 aliphatic heterocycles. The summed E-state index contributed by atoms with van der Waals surface area (Å²) in [6, 6.07) is 20.1. The molecule has 1 aliphatic carbocycles. The predicted octanol–water partition coefficient (Wildman–Crippen LogP) is 4.36. The Morgan fingerprint density at radius 1 is 1.08 bits per heavy atom. The molecule has 1 N–H and O–H groups in total. The minimum atomic E-state index is -0.422. The lowest BCUT2D eigenvalue weighted by Gasteiger charge is -2.41. The Kier molecular flexibility index (Phi) is 7.88. The van der Waals surface area contributed by atoms with E-state index in [9.17, 15) is 9.90 Å². The van der Waals surface area contributed by atoms with Gasteiger partial charge in [0, 0.05) is 30.8 Å². The quantitative estimate of drug-likeness (QED) is 0.347. The molecule has 9 heteroatoms. The van der Waals surface area contributed by atoms with Crippen molar-refractivity contribution in [1.82, 2.24) is 34.7 Å². The molecule has 5 rings (SSSR count). The van der Waals surface area contributed by atoms with E-state index < -0.39 is 6.10 Å². The summed E-state index contributed by atoms with van der Waals surface area (Å²) >= 11 is 0. The number of hydrogen-bond acceptors (Lipinski definition) is 6. The highest BCUT2D eigenvalue weighted by molar-refractivity contribution is 5.76. The Labute approximate surface area is 229 Å². The number of nitrogens with zero attached hydrogens (tertiary/aromatic N) is 7. The molecule has 0 unspecified atom stereocenters. The van der Waals surface area contributed by atoms with Gasteiger partial charge in [-0.1, -0.05) is 87.9 Å². The molecule has 1 fully saturated rings.